The zero-order chi connectivity index (χ0) is 73.9. The monoisotopic (exact) mass is 1450 g/mol. The first-order chi connectivity index (χ1) is 51.5. The Morgan fingerprint density at radius 1 is 0.340 bits per heavy atom. The van der Waals surface area contributed by atoms with E-state index in [1.807, 2.05) is 93.8 Å². The molecule has 0 fully saturated rings. The standard InChI is InChI=1S/C44H38N8O.C25H20N2.C14H14N2O.C3Cl3N3/c1-28-47-42(52-43(48-28)51-36-26-24-34(25-27-36)49-41(53)29-12-18-32(45-2)19-13-29)50-35-22-16-31(17-23-35)44(30-14-20-33(46-3)21-15-30)39-10-6-4-8-37(39)38-9-5-7-11-40(38)44;26-19-13-9-17(10-14-19)25(18-11-15-20(27)16-12-18)23-7-3-1-5-21(23)22-6-2-4-8-24(22)25;15-12-5-1-10(2-6-12)9-14(17)11-3-7-13(16)8-4-11;4-1-7-2(5)9-3(6)8-1/h4-27,45-46H,1-3H3,(H,49,53)(H2,47,48,50,51,52);1-16H,26-27H2;1-8H,9,15-16H2;. The topological polar surface area (TPSA) is 276 Å². The summed E-state index contributed by atoms with van der Waals surface area (Å²) in [5.41, 5.74) is 46.7. The van der Waals surface area contributed by atoms with Crippen LogP contribution >= 0.6 is 34.8 Å². The first kappa shape index (κ1) is 71.5. The van der Waals surface area contributed by atoms with E-state index in [-0.39, 0.29) is 33.0 Å². The summed E-state index contributed by atoms with van der Waals surface area (Å²) in [4.78, 5) is 48.8. The lowest BCUT2D eigenvalue weighted by Gasteiger charge is -2.34. The molecule has 106 heavy (non-hydrogen) atoms. The molecule has 0 aliphatic heterocycles. The number of fused-ring (bicyclic) bond motifs is 6. The molecule has 2 aliphatic carbocycles. The lowest BCUT2D eigenvalue weighted by Crippen LogP contribution is -2.28. The quantitative estimate of drug-likeness (QED) is 0.0341. The molecule has 2 aliphatic rings. The Morgan fingerprint density at radius 2 is 0.632 bits per heavy atom. The largest absolute Gasteiger partial charge is 0.399 e. The third-order valence-electron chi connectivity index (χ3n) is 18.5. The molecule has 1 amide bonds. The van der Waals surface area contributed by atoms with Crippen LogP contribution in [0.4, 0.5) is 63.1 Å². The SMILES string of the molecule is CNc1ccc(C(=O)Nc2ccc(Nc3nc(C)nc(Nc4ccc(C5(c6ccc(NC)cc6)c6ccccc6-c6ccccc65)cc4)n3)cc2)cc1.Clc1nc(Cl)nc(Cl)n1.Nc1ccc(C2(c3ccc(N)cc3)c3ccccc3-c3ccccc32)cc1.Nc1ccc(CC(=O)c2ccc(N)cc2)cc1. The summed E-state index contributed by atoms with van der Waals surface area (Å²) in [7, 11) is 3.78. The summed E-state index contributed by atoms with van der Waals surface area (Å²) in [6, 6.07) is 97.6. The van der Waals surface area contributed by atoms with E-state index in [4.69, 9.17) is 57.7 Å². The van der Waals surface area contributed by atoms with Gasteiger partial charge in [0, 0.05) is 82.8 Å². The van der Waals surface area contributed by atoms with Crippen LogP contribution in [0.1, 0.15) is 76.6 Å². The molecular formula is C86H72Cl3N15O2. The first-order valence-electron chi connectivity index (χ1n) is 33.9. The van der Waals surface area contributed by atoms with Crippen molar-refractivity contribution in [1.82, 2.24) is 29.9 Å². The van der Waals surface area contributed by atoms with Gasteiger partial charge in [0.25, 0.3) is 5.91 Å². The fraction of sp³-hybridized carbons (Fsp3) is 0.0698. The van der Waals surface area contributed by atoms with Crippen LogP contribution in [0.25, 0.3) is 22.3 Å². The number of aromatic nitrogens is 6. The fourth-order valence-electron chi connectivity index (χ4n) is 13.6. The van der Waals surface area contributed by atoms with Gasteiger partial charge in [-0.3, -0.25) is 9.59 Å². The molecule has 0 saturated heterocycles. The van der Waals surface area contributed by atoms with E-state index in [1.54, 1.807) is 48.5 Å². The number of aryl methyl sites for hydroxylation is 1. The Kier molecular flexibility index (Phi) is 21.4. The number of benzene rings is 12. The highest BCUT2D eigenvalue weighted by Gasteiger charge is 2.47. The molecular weight excluding hydrogens is 1380 g/mol. The summed E-state index contributed by atoms with van der Waals surface area (Å²) in [5, 5.41) is 15.9. The Balaban J connectivity index is 0.000000153. The lowest BCUT2D eigenvalue weighted by molar-refractivity contribution is 0.0991. The third kappa shape index (κ3) is 15.4. The molecule has 2 heterocycles. The minimum atomic E-state index is -0.491. The van der Waals surface area contributed by atoms with Crippen molar-refractivity contribution in [3.05, 3.63) is 374 Å². The van der Waals surface area contributed by atoms with Crippen LogP contribution in [0.5, 0.6) is 0 Å². The molecule has 16 rings (SSSR count). The minimum Gasteiger partial charge on any atom is -0.399 e. The molecule has 0 atom stereocenters. The number of hydrogen-bond acceptors (Lipinski definition) is 16. The van der Waals surface area contributed by atoms with Crippen molar-refractivity contribution < 1.29 is 9.59 Å². The number of nitrogens with one attached hydrogen (secondary N) is 5. The van der Waals surface area contributed by atoms with Crippen LogP contribution in [0, 0.1) is 6.92 Å². The number of anilines is 11. The molecule has 0 radical (unpaired) electrons. The van der Waals surface area contributed by atoms with Gasteiger partial charge in [-0.25, -0.2) is 0 Å². The Hall–Kier alpha value is -12.9. The highest BCUT2D eigenvalue weighted by Crippen LogP contribution is 2.58. The van der Waals surface area contributed by atoms with Crippen LogP contribution < -0.4 is 49.5 Å². The van der Waals surface area contributed by atoms with Crippen molar-refractivity contribution in [2.45, 2.75) is 24.2 Å². The maximum absolute atomic E-state index is 12.7. The van der Waals surface area contributed by atoms with E-state index in [9.17, 15) is 9.59 Å². The van der Waals surface area contributed by atoms with Crippen molar-refractivity contribution in [2.75, 3.05) is 63.6 Å². The smallest absolute Gasteiger partial charge is 0.255 e. The number of amides is 1. The minimum absolute atomic E-state index is 0.000000000000000444. The molecule has 12 aromatic carbocycles. The maximum atomic E-state index is 12.7. The number of carbonyl (C=O) groups excluding carboxylic acids is 2. The number of ketones is 1. The summed E-state index contributed by atoms with van der Waals surface area (Å²) in [5.74, 6) is 1.30. The van der Waals surface area contributed by atoms with Crippen LogP contribution in [0.15, 0.2) is 291 Å². The van der Waals surface area contributed by atoms with Gasteiger partial charge in [0.2, 0.25) is 27.7 Å². The molecule has 14 aromatic rings. The van der Waals surface area contributed by atoms with Crippen LogP contribution in [0.3, 0.4) is 0 Å². The van der Waals surface area contributed by atoms with E-state index < -0.39 is 5.41 Å². The van der Waals surface area contributed by atoms with Gasteiger partial charge >= 0.3 is 0 Å². The average molecular weight is 1450 g/mol. The molecule has 524 valence electrons. The predicted octanol–water partition coefficient (Wildman–Crippen LogP) is 18.7. The van der Waals surface area contributed by atoms with Crippen LogP contribution in [0.2, 0.25) is 15.9 Å². The highest BCUT2D eigenvalue weighted by molar-refractivity contribution is 6.33. The molecule has 0 spiro atoms. The van der Waals surface area contributed by atoms with Crippen molar-refractivity contribution >= 4 is 110 Å². The van der Waals surface area contributed by atoms with Gasteiger partial charge in [-0.05, 0) is 248 Å². The molecule has 20 heteroatoms. The molecule has 0 saturated carbocycles. The van der Waals surface area contributed by atoms with Crippen LogP contribution in [-0.2, 0) is 17.3 Å². The first-order valence-corrected chi connectivity index (χ1v) is 35.0. The van der Waals surface area contributed by atoms with E-state index in [0.717, 1.165) is 45.3 Å². The summed E-state index contributed by atoms with van der Waals surface area (Å²) in [6.45, 7) is 1.83. The number of Topliss-reactive ketones (excluding diaryl/α,β-unsaturated/α-hetero) is 1. The number of nitrogens with zero attached hydrogens (tertiary/aromatic N) is 6. The van der Waals surface area contributed by atoms with Crippen molar-refractivity contribution in [2.24, 2.45) is 0 Å². The number of rotatable bonds is 15. The number of nitrogen functional groups attached to an aromatic ring is 4. The van der Waals surface area contributed by atoms with Gasteiger partial charge in [0.05, 0.1) is 10.8 Å². The molecule has 13 N–H and O–H groups in total. The van der Waals surface area contributed by atoms with Gasteiger partial charge < -0.3 is 49.5 Å². The highest BCUT2D eigenvalue weighted by atomic mass is 35.5. The van der Waals surface area contributed by atoms with Gasteiger partial charge in [0.1, 0.15) is 5.82 Å². The zero-order valence-corrected chi connectivity index (χ0v) is 60.1. The van der Waals surface area contributed by atoms with Crippen LogP contribution in [-0.4, -0.2) is 55.7 Å². The fourth-order valence-corrected chi connectivity index (χ4v) is 14.2. The van der Waals surface area contributed by atoms with Crippen molar-refractivity contribution in [3.63, 3.8) is 0 Å². The third-order valence-corrected chi connectivity index (χ3v) is 19.0. The van der Waals surface area contributed by atoms with E-state index in [0.29, 0.717) is 52.3 Å². The number of halogens is 3. The van der Waals surface area contributed by atoms with Crippen molar-refractivity contribution in [3.8, 4) is 22.3 Å². The molecule has 2 aromatic heterocycles. The lowest BCUT2D eigenvalue weighted by atomic mass is 9.67. The number of hydrogen-bond donors (Lipinski definition) is 9. The van der Waals surface area contributed by atoms with E-state index in [1.165, 1.54) is 61.2 Å². The molecule has 0 unspecified atom stereocenters. The van der Waals surface area contributed by atoms with E-state index in [2.05, 4.69) is 226 Å². The molecule has 17 nitrogen and oxygen atoms in total. The van der Waals surface area contributed by atoms with E-state index >= 15 is 0 Å². The zero-order valence-electron chi connectivity index (χ0n) is 57.9. The second kappa shape index (κ2) is 31.8. The average Bonchev–Trinajstić information content (AvgIpc) is 1.54. The number of carbonyl (C=O) groups is 2. The maximum Gasteiger partial charge on any atom is 0.255 e. The summed E-state index contributed by atoms with van der Waals surface area (Å²) in [6.07, 6.45) is 0.379. The normalized spacial score (nSPS) is 12.1. The van der Waals surface area contributed by atoms with Gasteiger partial charge in [-0.2, -0.15) is 29.9 Å². The summed E-state index contributed by atoms with van der Waals surface area (Å²) < 4.78 is 0. The van der Waals surface area contributed by atoms with Gasteiger partial charge in [-0.1, -0.05) is 158 Å². The Labute approximate surface area is 629 Å². The molecule has 0 bridgehead atoms. The second-order valence-electron chi connectivity index (χ2n) is 25.1. The van der Waals surface area contributed by atoms with Gasteiger partial charge in [-0.15, -0.1) is 0 Å². The number of nitrogens with two attached hydrogens (primary N) is 4. The van der Waals surface area contributed by atoms with Crippen molar-refractivity contribution in [1.29, 1.82) is 0 Å². The second-order valence-corrected chi connectivity index (χ2v) is 26.1. The Morgan fingerprint density at radius 3 is 1.00 bits per heavy atom. The predicted molar refractivity (Wildman–Crippen MR) is 432 cm³/mol. The summed E-state index contributed by atoms with van der Waals surface area (Å²) >= 11 is 16.0. The van der Waals surface area contributed by atoms with Gasteiger partial charge in [0.15, 0.2) is 5.78 Å². The Bertz CT molecular complexity index is 5260.